The van der Waals surface area contributed by atoms with Gasteiger partial charge in [0.2, 0.25) is 5.79 Å². The first-order valence-corrected chi connectivity index (χ1v) is 12.0. The Kier molecular flexibility index (Phi) is 6.15. The van der Waals surface area contributed by atoms with Gasteiger partial charge in [-0.2, -0.15) is 0 Å². The maximum atomic E-state index is 13.5. The second-order valence-corrected chi connectivity index (χ2v) is 9.62. The van der Waals surface area contributed by atoms with Gasteiger partial charge in [-0.05, 0) is 29.7 Å². The van der Waals surface area contributed by atoms with Gasteiger partial charge in [-0.15, -0.1) is 0 Å². The Morgan fingerprint density at radius 2 is 2.12 bits per heavy atom. The Balaban J connectivity index is 1.31. The summed E-state index contributed by atoms with van der Waals surface area (Å²) in [7, 11) is 0. The van der Waals surface area contributed by atoms with Gasteiger partial charge < -0.3 is 14.7 Å². The van der Waals surface area contributed by atoms with Crippen LogP contribution in [0.4, 0.5) is 4.39 Å². The van der Waals surface area contributed by atoms with Gasteiger partial charge >= 0.3 is 0 Å². The van der Waals surface area contributed by atoms with E-state index in [2.05, 4.69) is 9.27 Å². The summed E-state index contributed by atoms with van der Waals surface area (Å²) in [5.74, 6) is -2.29. The van der Waals surface area contributed by atoms with Crippen LogP contribution >= 0.6 is 34.7 Å². The Morgan fingerprint density at radius 3 is 2.88 bits per heavy atom. The van der Waals surface area contributed by atoms with E-state index in [4.69, 9.17) is 27.9 Å². The first-order chi connectivity index (χ1) is 15.9. The number of hydrogen-bond donors (Lipinski definition) is 1. The molecule has 0 bridgehead atoms. The number of halogens is 3. The lowest BCUT2D eigenvalue weighted by atomic mass is 10.00. The van der Waals surface area contributed by atoms with E-state index in [1.54, 1.807) is 17.2 Å². The van der Waals surface area contributed by atoms with Crippen molar-refractivity contribution in [1.29, 1.82) is 0 Å². The number of benzene rings is 2. The van der Waals surface area contributed by atoms with Crippen LogP contribution in [-0.4, -0.2) is 64.0 Å². The summed E-state index contributed by atoms with van der Waals surface area (Å²) in [5.41, 5.74) is 2.50. The molecule has 2 fully saturated rings. The van der Waals surface area contributed by atoms with Gasteiger partial charge in [-0.1, -0.05) is 41.4 Å². The molecule has 0 saturated carbocycles. The summed E-state index contributed by atoms with van der Waals surface area (Å²) in [4.78, 5) is 17.2. The summed E-state index contributed by atoms with van der Waals surface area (Å²) >= 11 is 13.8. The summed E-state index contributed by atoms with van der Waals surface area (Å²) in [6.45, 7) is 1.89. The summed E-state index contributed by atoms with van der Waals surface area (Å²) in [6.07, 6.45) is 1.73. The molecule has 5 rings (SSSR count). The number of aromatic nitrogens is 1. The average Bonchev–Trinajstić information content (AvgIpc) is 3.35. The lowest BCUT2D eigenvalue weighted by molar-refractivity contribution is -0.265. The first-order valence-electron chi connectivity index (χ1n) is 10.4. The van der Waals surface area contributed by atoms with Gasteiger partial charge in [0.05, 0.1) is 34.8 Å². The van der Waals surface area contributed by atoms with Crippen LogP contribution in [0.1, 0.15) is 15.9 Å². The van der Waals surface area contributed by atoms with Crippen molar-refractivity contribution in [2.45, 2.75) is 11.8 Å². The van der Waals surface area contributed by atoms with Crippen molar-refractivity contribution in [3.05, 3.63) is 75.0 Å². The highest BCUT2D eigenvalue weighted by atomic mass is 35.5. The van der Waals surface area contributed by atoms with E-state index in [-0.39, 0.29) is 30.1 Å². The van der Waals surface area contributed by atoms with Crippen LogP contribution in [0.15, 0.2) is 48.0 Å². The van der Waals surface area contributed by atoms with Crippen molar-refractivity contribution >= 4 is 40.6 Å². The molecule has 0 aliphatic carbocycles. The lowest BCUT2D eigenvalue weighted by Gasteiger charge is -2.48. The molecule has 2 aliphatic heterocycles. The summed E-state index contributed by atoms with van der Waals surface area (Å²) < 4.78 is 23.5. The number of ether oxygens (including phenoxy) is 1. The Labute approximate surface area is 204 Å². The third kappa shape index (κ3) is 4.27. The van der Waals surface area contributed by atoms with Crippen LogP contribution in [0.2, 0.25) is 10.0 Å². The molecule has 2 aromatic carbocycles. The Hall–Kier alpha value is -2.07. The van der Waals surface area contributed by atoms with Crippen molar-refractivity contribution in [3.63, 3.8) is 0 Å². The molecule has 1 unspecified atom stereocenters. The lowest BCUT2D eigenvalue weighted by Crippen LogP contribution is -2.63. The average molecular weight is 508 g/mol. The minimum atomic E-state index is -1.59. The minimum absolute atomic E-state index is 0.0700. The fourth-order valence-corrected chi connectivity index (χ4v) is 5.37. The van der Waals surface area contributed by atoms with Crippen LogP contribution in [-0.2, 0) is 10.5 Å². The smallest absolute Gasteiger partial charge is 0.255 e. The van der Waals surface area contributed by atoms with Crippen LogP contribution in [0, 0.1) is 5.82 Å². The molecule has 3 heterocycles. The second-order valence-electron chi connectivity index (χ2n) is 8.18. The summed E-state index contributed by atoms with van der Waals surface area (Å²) in [5, 5.41) is 13.3. The normalized spacial score (nSPS) is 23.4. The van der Waals surface area contributed by atoms with Crippen molar-refractivity contribution in [3.8, 4) is 11.1 Å². The number of hydrogen-bond acceptors (Lipinski definition) is 6. The molecule has 1 aromatic heterocycles. The van der Waals surface area contributed by atoms with E-state index in [9.17, 15) is 14.3 Å². The second kappa shape index (κ2) is 8.94. The quantitative estimate of drug-likeness (QED) is 0.573. The fourth-order valence-electron chi connectivity index (χ4n) is 4.34. The molecule has 0 spiro atoms. The number of piperazine rings is 1. The van der Waals surface area contributed by atoms with Crippen LogP contribution in [0.5, 0.6) is 0 Å². The number of fused-ring (bicyclic) bond motifs is 1. The fraction of sp³-hybridized carbons (Fsp3) is 0.304. The highest BCUT2D eigenvalue weighted by molar-refractivity contribution is 7.03. The number of carbonyl (C=O) groups excluding carboxylic acids is 1. The van der Waals surface area contributed by atoms with Crippen LogP contribution in [0.3, 0.4) is 0 Å². The number of morpholine rings is 1. The van der Waals surface area contributed by atoms with Crippen LogP contribution < -0.4 is 0 Å². The first kappa shape index (κ1) is 22.7. The Bertz CT molecular complexity index is 1200. The molecule has 33 heavy (non-hydrogen) atoms. The standard InChI is InChI=1S/C23H20Cl2FN3O3S/c24-19-8-15(4-5-20(19)26)23(31)13-29-7-6-28(10-16(29)11-32-23)22(30)18-3-1-2-17(21(18)25)14-9-27-33-12-14/h1-5,8-9,12,16,31H,6-7,10-11,13H2/t16-,23?/m0/s1. The van der Waals surface area contributed by atoms with E-state index in [0.29, 0.717) is 35.8 Å². The van der Waals surface area contributed by atoms with Gasteiger partial charge in [-0.25, -0.2) is 8.76 Å². The maximum Gasteiger partial charge on any atom is 0.255 e. The molecule has 2 saturated heterocycles. The SMILES string of the molecule is O=C(c1cccc(-c2cnsc2)c1Cl)N1CCN2CC(O)(c3ccc(F)c(Cl)c3)OC[C@@H]2C1. The zero-order valence-corrected chi connectivity index (χ0v) is 19.7. The highest BCUT2D eigenvalue weighted by Crippen LogP contribution is 2.35. The van der Waals surface area contributed by atoms with E-state index >= 15 is 0 Å². The highest BCUT2D eigenvalue weighted by Gasteiger charge is 2.43. The molecule has 3 aromatic rings. The maximum absolute atomic E-state index is 13.5. The van der Waals surface area contributed by atoms with Gasteiger partial charge in [0.25, 0.3) is 5.91 Å². The van der Waals surface area contributed by atoms with E-state index in [0.717, 1.165) is 11.1 Å². The topological polar surface area (TPSA) is 65.9 Å². The molecular formula is C23H20Cl2FN3O3S. The van der Waals surface area contributed by atoms with Gasteiger partial charge in [0, 0.05) is 47.9 Å². The number of aliphatic hydroxyl groups is 1. The minimum Gasteiger partial charge on any atom is -0.361 e. The summed E-state index contributed by atoms with van der Waals surface area (Å²) in [6, 6.07) is 9.41. The molecule has 10 heteroatoms. The van der Waals surface area contributed by atoms with Crippen molar-refractivity contribution in [2.24, 2.45) is 0 Å². The number of rotatable bonds is 3. The van der Waals surface area contributed by atoms with Crippen molar-refractivity contribution in [1.82, 2.24) is 14.2 Å². The number of amides is 1. The van der Waals surface area contributed by atoms with E-state index < -0.39 is 11.6 Å². The van der Waals surface area contributed by atoms with Crippen LogP contribution in [0.25, 0.3) is 11.1 Å². The molecule has 0 radical (unpaired) electrons. The molecule has 1 amide bonds. The van der Waals surface area contributed by atoms with E-state index in [1.165, 1.54) is 29.7 Å². The molecular weight excluding hydrogens is 488 g/mol. The Morgan fingerprint density at radius 1 is 1.27 bits per heavy atom. The van der Waals surface area contributed by atoms with Crippen molar-refractivity contribution < 1.29 is 19.0 Å². The van der Waals surface area contributed by atoms with E-state index in [1.807, 2.05) is 17.5 Å². The molecule has 172 valence electrons. The molecule has 1 N–H and O–H groups in total. The third-order valence-corrected chi connectivity index (χ3v) is 7.45. The van der Waals surface area contributed by atoms with Crippen molar-refractivity contribution in [2.75, 3.05) is 32.8 Å². The third-order valence-electron chi connectivity index (χ3n) is 6.17. The monoisotopic (exact) mass is 507 g/mol. The van der Waals surface area contributed by atoms with Gasteiger partial charge in [-0.3, -0.25) is 9.69 Å². The zero-order valence-electron chi connectivity index (χ0n) is 17.4. The predicted octanol–water partition coefficient (Wildman–Crippen LogP) is 4.26. The predicted molar refractivity (Wildman–Crippen MR) is 125 cm³/mol. The van der Waals surface area contributed by atoms with Gasteiger partial charge in [0.1, 0.15) is 5.82 Å². The molecule has 6 nitrogen and oxygen atoms in total. The van der Waals surface area contributed by atoms with Gasteiger partial charge in [0.15, 0.2) is 0 Å². The molecule has 2 atom stereocenters. The number of carbonyl (C=O) groups is 1. The largest absolute Gasteiger partial charge is 0.361 e. The zero-order chi connectivity index (χ0) is 23.2. The molecule has 2 aliphatic rings. The number of nitrogens with zero attached hydrogens (tertiary/aromatic N) is 3.